The van der Waals surface area contributed by atoms with E-state index in [1.54, 1.807) is 5.06 Å². The summed E-state index contributed by atoms with van der Waals surface area (Å²) >= 11 is 10.8. The number of hydrogen-bond donors (Lipinski definition) is 0. The van der Waals surface area contributed by atoms with Crippen LogP contribution in [0.5, 0.6) is 0 Å². The number of rotatable bonds is 5. The smallest absolute Gasteiger partial charge is 0.0820 e. The minimum Gasteiger partial charge on any atom is -0.298 e. The third-order valence-electron chi connectivity index (χ3n) is 0.788. The molecule has 0 rings (SSSR count). The fraction of sp³-hybridized carbons (Fsp3) is 1.00. The first-order valence-electron chi connectivity index (χ1n) is 2.77. The number of hydroxylamine groups is 2. The van der Waals surface area contributed by atoms with Gasteiger partial charge in [0.15, 0.2) is 0 Å². The molecule has 0 saturated carbocycles. The third-order valence-corrected chi connectivity index (χ3v) is 1.11. The van der Waals surface area contributed by atoms with Crippen LogP contribution in [-0.2, 0) is 4.84 Å². The summed E-state index contributed by atoms with van der Waals surface area (Å²) in [5.74, 6) is 1.10. The van der Waals surface area contributed by atoms with Gasteiger partial charge in [-0.25, -0.2) is 0 Å². The number of halogens is 2. The molecule has 0 aromatic carbocycles. The second-order valence-electron chi connectivity index (χ2n) is 1.56. The van der Waals surface area contributed by atoms with E-state index in [1.165, 1.54) is 0 Å². The molecule has 0 atom stereocenters. The van der Waals surface area contributed by atoms with Gasteiger partial charge in [0.2, 0.25) is 0 Å². The van der Waals surface area contributed by atoms with E-state index in [0.29, 0.717) is 18.4 Å². The highest BCUT2D eigenvalue weighted by Crippen LogP contribution is 1.87. The molecule has 0 amide bonds. The molecule has 0 aromatic heterocycles. The summed E-state index contributed by atoms with van der Waals surface area (Å²) in [6.45, 7) is 1.29. The van der Waals surface area contributed by atoms with Gasteiger partial charge in [-0.3, -0.25) is 4.84 Å². The van der Waals surface area contributed by atoms with Gasteiger partial charge < -0.3 is 0 Å². The summed E-state index contributed by atoms with van der Waals surface area (Å²) in [5.41, 5.74) is 0. The first-order chi connectivity index (χ1) is 4.31. The molecule has 0 N–H and O–H groups in total. The van der Waals surface area contributed by atoms with Crippen molar-refractivity contribution in [1.29, 1.82) is 0 Å². The molecule has 0 saturated heterocycles. The van der Waals surface area contributed by atoms with Crippen LogP contribution >= 0.6 is 23.2 Å². The average Bonchev–Trinajstić information content (AvgIpc) is 1.85. The molecule has 0 spiro atoms. The molecular weight excluding hydrogens is 161 g/mol. The van der Waals surface area contributed by atoms with Crippen molar-refractivity contribution in [1.82, 2.24) is 5.06 Å². The van der Waals surface area contributed by atoms with E-state index in [4.69, 9.17) is 28.0 Å². The average molecular weight is 172 g/mol. The third kappa shape index (κ3) is 6.38. The van der Waals surface area contributed by atoms with Crippen LogP contribution in [0.25, 0.3) is 0 Å². The van der Waals surface area contributed by atoms with Crippen LogP contribution in [0, 0.1) is 0 Å². The molecule has 2 nitrogen and oxygen atoms in total. The lowest BCUT2D eigenvalue weighted by Gasteiger charge is -2.13. The first kappa shape index (κ1) is 9.50. The molecule has 4 heteroatoms. The molecule has 0 aliphatic heterocycles. The minimum atomic E-state index is 0.520. The Morgan fingerprint density at radius 1 is 1.33 bits per heavy atom. The van der Waals surface area contributed by atoms with Gasteiger partial charge in [-0.1, -0.05) is 0 Å². The number of alkyl halides is 2. The Kier molecular flexibility index (Phi) is 6.99. The van der Waals surface area contributed by atoms with Crippen molar-refractivity contribution in [3.8, 4) is 0 Å². The second kappa shape index (κ2) is 6.62. The standard InChI is InChI=1S/C5H11Cl2NO/c1-8(4-2-6)9-5-3-7/h2-5H2,1H3. The Morgan fingerprint density at radius 2 is 2.00 bits per heavy atom. The lowest BCUT2D eigenvalue weighted by molar-refractivity contribution is -0.129. The summed E-state index contributed by atoms with van der Waals surface area (Å²) in [6, 6.07) is 0. The number of hydrogen-bond acceptors (Lipinski definition) is 2. The maximum absolute atomic E-state index is 5.42. The summed E-state index contributed by atoms with van der Waals surface area (Å²) in [4.78, 5) is 5.05. The molecule has 0 fully saturated rings. The van der Waals surface area contributed by atoms with Crippen LogP contribution in [0.3, 0.4) is 0 Å². The first-order valence-corrected chi connectivity index (χ1v) is 3.84. The number of nitrogens with zero attached hydrogens (tertiary/aromatic N) is 1. The molecule has 0 aliphatic rings. The molecule has 0 heterocycles. The Labute approximate surface area is 65.6 Å². The van der Waals surface area contributed by atoms with Gasteiger partial charge in [0.25, 0.3) is 0 Å². The molecule has 0 bridgehead atoms. The summed E-state index contributed by atoms with van der Waals surface area (Å²) in [6.07, 6.45) is 0. The topological polar surface area (TPSA) is 12.5 Å². The molecule has 56 valence electrons. The predicted octanol–water partition coefficient (Wildman–Crippen LogP) is 1.33. The normalized spacial score (nSPS) is 10.7. The van der Waals surface area contributed by atoms with E-state index >= 15 is 0 Å². The minimum absolute atomic E-state index is 0.520. The van der Waals surface area contributed by atoms with Gasteiger partial charge in [0.05, 0.1) is 6.61 Å². The Balaban J connectivity index is 2.95. The predicted molar refractivity (Wildman–Crippen MR) is 40.0 cm³/mol. The van der Waals surface area contributed by atoms with Gasteiger partial charge in [0.1, 0.15) is 0 Å². The van der Waals surface area contributed by atoms with Gasteiger partial charge in [-0.05, 0) is 0 Å². The van der Waals surface area contributed by atoms with Crippen molar-refractivity contribution in [2.75, 3.05) is 32.0 Å². The highest BCUT2D eigenvalue weighted by Gasteiger charge is 1.93. The van der Waals surface area contributed by atoms with E-state index in [0.717, 1.165) is 6.54 Å². The lowest BCUT2D eigenvalue weighted by atomic mass is 10.7. The summed E-state index contributed by atoms with van der Waals surface area (Å²) in [7, 11) is 1.83. The van der Waals surface area contributed by atoms with Crippen molar-refractivity contribution in [2.45, 2.75) is 0 Å². The van der Waals surface area contributed by atoms with Crippen LogP contribution < -0.4 is 0 Å². The van der Waals surface area contributed by atoms with Crippen molar-refractivity contribution < 1.29 is 4.84 Å². The van der Waals surface area contributed by atoms with Crippen LogP contribution in [0.15, 0.2) is 0 Å². The van der Waals surface area contributed by atoms with Crippen LogP contribution in [0.4, 0.5) is 0 Å². The highest BCUT2D eigenvalue weighted by molar-refractivity contribution is 6.18. The molecule has 9 heavy (non-hydrogen) atoms. The Hall–Kier alpha value is 0.500. The Morgan fingerprint density at radius 3 is 2.44 bits per heavy atom. The zero-order chi connectivity index (χ0) is 7.11. The van der Waals surface area contributed by atoms with Crippen molar-refractivity contribution >= 4 is 23.2 Å². The van der Waals surface area contributed by atoms with E-state index in [2.05, 4.69) is 0 Å². The highest BCUT2D eigenvalue weighted by atomic mass is 35.5. The van der Waals surface area contributed by atoms with Crippen molar-refractivity contribution in [2.24, 2.45) is 0 Å². The zero-order valence-electron chi connectivity index (χ0n) is 5.44. The largest absolute Gasteiger partial charge is 0.298 e. The Bertz CT molecular complexity index is 62.9. The van der Waals surface area contributed by atoms with Gasteiger partial charge >= 0.3 is 0 Å². The van der Waals surface area contributed by atoms with Crippen molar-refractivity contribution in [3.63, 3.8) is 0 Å². The fourth-order valence-electron chi connectivity index (χ4n) is 0.374. The molecule has 0 unspecified atom stereocenters. The van der Waals surface area contributed by atoms with Crippen LogP contribution in [0.1, 0.15) is 0 Å². The molecule has 0 radical (unpaired) electrons. The monoisotopic (exact) mass is 171 g/mol. The van der Waals surface area contributed by atoms with E-state index < -0.39 is 0 Å². The summed E-state index contributed by atoms with van der Waals surface area (Å²) in [5, 5.41) is 1.68. The van der Waals surface area contributed by atoms with E-state index in [-0.39, 0.29) is 0 Å². The van der Waals surface area contributed by atoms with Crippen LogP contribution in [0.2, 0.25) is 0 Å². The molecule has 0 aliphatic carbocycles. The SMILES string of the molecule is CN(CCCl)OCCCl. The maximum atomic E-state index is 5.42. The summed E-state index contributed by atoms with van der Waals surface area (Å²) < 4.78 is 0. The lowest BCUT2D eigenvalue weighted by Crippen LogP contribution is -2.22. The molecule has 0 aromatic rings. The zero-order valence-corrected chi connectivity index (χ0v) is 6.95. The van der Waals surface area contributed by atoms with Gasteiger partial charge in [-0.15, -0.1) is 23.2 Å². The fourth-order valence-corrected chi connectivity index (χ4v) is 0.681. The van der Waals surface area contributed by atoms with Crippen LogP contribution in [-0.4, -0.2) is 37.0 Å². The van der Waals surface area contributed by atoms with Gasteiger partial charge in [0, 0.05) is 25.4 Å². The second-order valence-corrected chi connectivity index (χ2v) is 2.32. The van der Waals surface area contributed by atoms with Crippen molar-refractivity contribution in [3.05, 3.63) is 0 Å². The van der Waals surface area contributed by atoms with Gasteiger partial charge in [-0.2, -0.15) is 5.06 Å². The van der Waals surface area contributed by atoms with E-state index in [9.17, 15) is 0 Å². The quantitative estimate of drug-likeness (QED) is 0.458. The molecular formula is C5H11Cl2NO. The van der Waals surface area contributed by atoms with E-state index in [1.807, 2.05) is 7.05 Å². The maximum Gasteiger partial charge on any atom is 0.0820 e.